The lowest BCUT2D eigenvalue weighted by molar-refractivity contribution is -0.135. The van der Waals surface area contributed by atoms with E-state index in [9.17, 15) is 4.79 Å². The third kappa shape index (κ3) is 2.18. The monoisotopic (exact) mass is 211 g/mol. The van der Waals surface area contributed by atoms with Crippen molar-refractivity contribution < 1.29 is 9.90 Å². The minimum Gasteiger partial charge on any atom is -0.481 e. The van der Waals surface area contributed by atoms with Crippen molar-refractivity contribution in [3.63, 3.8) is 0 Å². The van der Waals surface area contributed by atoms with E-state index < -0.39 is 5.97 Å². The highest BCUT2D eigenvalue weighted by atomic mass is 16.4. The number of carboxylic acid groups (broad SMARTS) is 1. The molecule has 0 saturated carbocycles. The van der Waals surface area contributed by atoms with Crippen LogP contribution in [-0.4, -0.2) is 16.1 Å². The number of benzene rings is 1. The molecule has 1 aromatic carbocycles. The number of carboxylic acids is 1. The van der Waals surface area contributed by atoms with Gasteiger partial charge in [0.1, 0.15) is 6.42 Å². The molecule has 0 bridgehead atoms. The van der Waals surface area contributed by atoms with Crippen LogP contribution in [0.5, 0.6) is 0 Å². The van der Waals surface area contributed by atoms with Crippen LogP contribution in [0.2, 0.25) is 0 Å². The van der Waals surface area contributed by atoms with Crippen LogP contribution in [0.4, 0.5) is 0 Å². The van der Waals surface area contributed by atoms with Gasteiger partial charge in [-0.1, -0.05) is 24.0 Å². The first kappa shape index (κ1) is 10.2. The number of hydrogen-bond acceptors (Lipinski definition) is 2. The molecule has 0 fully saturated rings. The Morgan fingerprint density at radius 2 is 2.25 bits per heavy atom. The summed E-state index contributed by atoms with van der Waals surface area (Å²) < 4.78 is 0. The number of fused-ring (bicyclic) bond motifs is 1. The molecule has 78 valence electrons. The van der Waals surface area contributed by atoms with Crippen LogP contribution < -0.4 is 0 Å². The molecule has 0 aliphatic rings. The topological polar surface area (TPSA) is 50.2 Å². The lowest BCUT2D eigenvalue weighted by Gasteiger charge is -1.98. The number of carbonyl (C=O) groups is 1. The van der Waals surface area contributed by atoms with Gasteiger partial charge in [0, 0.05) is 23.3 Å². The maximum absolute atomic E-state index is 10.3. The summed E-state index contributed by atoms with van der Waals surface area (Å²) in [6, 6.07) is 7.63. The summed E-state index contributed by atoms with van der Waals surface area (Å²) in [5, 5.41) is 10.5. The van der Waals surface area contributed by atoms with Gasteiger partial charge in [0.05, 0.1) is 0 Å². The van der Waals surface area contributed by atoms with Crippen LogP contribution in [0, 0.1) is 11.8 Å². The molecule has 3 heteroatoms. The van der Waals surface area contributed by atoms with Gasteiger partial charge in [0.25, 0.3) is 0 Å². The average Bonchev–Trinajstić information content (AvgIpc) is 2.29. The zero-order chi connectivity index (χ0) is 11.4. The van der Waals surface area contributed by atoms with Gasteiger partial charge >= 0.3 is 5.97 Å². The Bertz CT molecular complexity index is 588. The molecule has 1 heterocycles. The largest absolute Gasteiger partial charge is 0.481 e. The number of aliphatic carboxylic acids is 1. The Labute approximate surface area is 92.7 Å². The van der Waals surface area contributed by atoms with Gasteiger partial charge in [-0.15, -0.1) is 0 Å². The molecule has 0 spiro atoms. The fourth-order valence-electron chi connectivity index (χ4n) is 1.44. The summed E-state index contributed by atoms with van der Waals surface area (Å²) in [5.74, 6) is 4.55. The molecule has 1 N–H and O–H groups in total. The van der Waals surface area contributed by atoms with Gasteiger partial charge in [0.15, 0.2) is 0 Å². The summed E-state index contributed by atoms with van der Waals surface area (Å²) in [6.07, 6.45) is 3.31. The van der Waals surface area contributed by atoms with Gasteiger partial charge in [-0.05, 0) is 17.5 Å². The Balaban J connectivity index is 2.43. The van der Waals surface area contributed by atoms with Crippen LogP contribution in [0.15, 0.2) is 36.7 Å². The zero-order valence-corrected chi connectivity index (χ0v) is 8.47. The van der Waals surface area contributed by atoms with Gasteiger partial charge in [-0.25, -0.2) is 0 Å². The molecule has 0 saturated heterocycles. The maximum atomic E-state index is 10.3. The minimum atomic E-state index is -0.911. The van der Waals surface area contributed by atoms with E-state index in [0.29, 0.717) is 0 Å². The van der Waals surface area contributed by atoms with Crippen LogP contribution in [0.25, 0.3) is 10.8 Å². The highest BCUT2D eigenvalue weighted by Crippen LogP contribution is 2.16. The van der Waals surface area contributed by atoms with Crippen molar-refractivity contribution in [2.75, 3.05) is 0 Å². The molecule has 16 heavy (non-hydrogen) atoms. The fraction of sp³-hybridized carbons (Fsp3) is 0.0769. The summed E-state index contributed by atoms with van der Waals surface area (Å²) in [7, 11) is 0. The molecule has 0 radical (unpaired) electrons. The molecule has 3 nitrogen and oxygen atoms in total. The van der Waals surface area contributed by atoms with E-state index in [2.05, 4.69) is 16.8 Å². The molecule has 2 aromatic rings. The van der Waals surface area contributed by atoms with E-state index >= 15 is 0 Å². The smallest absolute Gasteiger partial charge is 0.315 e. The second-order valence-electron chi connectivity index (χ2n) is 3.27. The van der Waals surface area contributed by atoms with E-state index in [4.69, 9.17) is 5.11 Å². The van der Waals surface area contributed by atoms with Crippen LogP contribution in [0.3, 0.4) is 0 Å². The quantitative estimate of drug-likeness (QED) is 0.734. The van der Waals surface area contributed by atoms with Crippen molar-refractivity contribution in [2.45, 2.75) is 6.42 Å². The van der Waals surface area contributed by atoms with Gasteiger partial charge in [0.2, 0.25) is 0 Å². The summed E-state index contributed by atoms with van der Waals surface area (Å²) in [6.45, 7) is 0. The van der Waals surface area contributed by atoms with E-state index in [1.165, 1.54) is 0 Å². The molecule has 0 atom stereocenters. The minimum absolute atomic E-state index is 0.142. The number of rotatable bonds is 1. The van der Waals surface area contributed by atoms with Gasteiger partial charge in [-0.3, -0.25) is 9.78 Å². The van der Waals surface area contributed by atoms with Crippen LogP contribution >= 0.6 is 0 Å². The molecule has 0 aliphatic carbocycles. The maximum Gasteiger partial charge on any atom is 0.315 e. The van der Waals surface area contributed by atoms with Crippen molar-refractivity contribution in [3.05, 3.63) is 42.2 Å². The van der Waals surface area contributed by atoms with E-state index in [0.717, 1.165) is 16.3 Å². The highest BCUT2D eigenvalue weighted by molar-refractivity contribution is 5.87. The molecule has 0 unspecified atom stereocenters. The summed E-state index contributed by atoms with van der Waals surface area (Å²) in [5.41, 5.74) is 0.812. The number of hydrogen-bond donors (Lipinski definition) is 1. The summed E-state index contributed by atoms with van der Waals surface area (Å²) in [4.78, 5) is 14.4. The van der Waals surface area contributed by atoms with Crippen molar-refractivity contribution in [1.29, 1.82) is 0 Å². The highest BCUT2D eigenvalue weighted by Gasteiger charge is 1.97. The first-order valence-electron chi connectivity index (χ1n) is 4.81. The predicted molar refractivity (Wildman–Crippen MR) is 60.9 cm³/mol. The molecule has 0 amide bonds. The Hall–Kier alpha value is -2.34. The third-order valence-electron chi connectivity index (χ3n) is 2.15. The van der Waals surface area contributed by atoms with Crippen LogP contribution in [-0.2, 0) is 4.79 Å². The first-order valence-corrected chi connectivity index (χ1v) is 4.81. The molecule has 1 aromatic heterocycles. The van der Waals surface area contributed by atoms with Crippen molar-refractivity contribution in [1.82, 2.24) is 4.98 Å². The standard InChI is InChI=1S/C13H9NO2/c15-13(16)6-2-5-10-3-1-4-11-7-8-14-9-12(10)11/h1,3-4,7-9H,6H2,(H,15,16). The molecule has 2 rings (SSSR count). The number of aromatic nitrogens is 1. The Morgan fingerprint density at radius 1 is 1.38 bits per heavy atom. The number of pyridine rings is 1. The van der Waals surface area contributed by atoms with Crippen molar-refractivity contribution in [2.24, 2.45) is 0 Å². The Kier molecular flexibility index (Phi) is 2.84. The zero-order valence-electron chi connectivity index (χ0n) is 8.47. The fourth-order valence-corrected chi connectivity index (χ4v) is 1.44. The number of nitrogens with zero attached hydrogens (tertiary/aromatic N) is 1. The molecular formula is C13H9NO2. The average molecular weight is 211 g/mol. The van der Waals surface area contributed by atoms with Crippen molar-refractivity contribution in [3.8, 4) is 11.8 Å². The second kappa shape index (κ2) is 4.45. The van der Waals surface area contributed by atoms with Gasteiger partial charge in [-0.2, -0.15) is 0 Å². The van der Waals surface area contributed by atoms with E-state index in [1.54, 1.807) is 12.4 Å². The lowest BCUT2D eigenvalue weighted by atomic mass is 10.1. The van der Waals surface area contributed by atoms with E-state index in [-0.39, 0.29) is 6.42 Å². The van der Waals surface area contributed by atoms with Crippen molar-refractivity contribution >= 4 is 16.7 Å². The normalized spacial score (nSPS) is 9.50. The summed E-state index contributed by atoms with van der Waals surface area (Å²) >= 11 is 0. The predicted octanol–water partition coefficient (Wildman–Crippen LogP) is 2.06. The van der Waals surface area contributed by atoms with E-state index in [1.807, 2.05) is 24.3 Å². The third-order valence-corrected chi connectivity index (χ3v) is 2.15. The van der Waals surface area contributed by atoms with Gasteiger partial charge < -0.3 is 5.11 Å². The SMILES string of the molecule is O=C(O)CC#Cc1cccc2ccncc12. The lowest BCUT2D eigenvalue weighted by Crippen LogP contribution is -1.90. The molecular weight excluding hydrogens is 202 g/mol. The van der Waals surface area contributed by atoms with Crippen LogP contribution in [0.1, 0.15) is 12.0 Å². The molecule has 0 aliphatic heterocycles. The Morgan fingerprint density at radius 3 is 3.06 bits per heavy atom. The second-order valence-corrected chi connectivity index (χ2v) is 3.27. The first-order chi connectivity index (χ1) is 7.77.